The fourth-order valence-corrected chi connectivity index (χ4v) is 2.34. The van der Waals surface area contributed by atoms with Crippen molar-refractivity contribution in [3.05, 3.63) is 59.5 Å². The number of furan rings is 1. The second-order valence-corrected chi connectivity index (χ2v) is 6.08. The minimum atomic E-state index is -0.628. The van der Waals surface area contributed by atoms with E-state index in [2.05, 4.69) is 41.6 Å². The maximum Gasteiger partial charge on any atom is 0.255 e. The van der Waals surface area contributed by atoms with Crippen molar-refractivity contribution in [2.24, 2.45) is 0 Å². The summed E-state index contributed by atoms with van der Waals surface area (Å²) in [7, 11) is 2.07. The van der Waals surface area contributed by atoms with Gasteiger partial charge in [0.15, 0.2) is 0 Å². The van der Waals surface area contributed by atoms with Crippen molar-refractivity contribution in [2.75, 3.05) is 13.6 Å². The lowest BCUT2D eigenvalue weighted by Crippen LogP contribution is -2.44. The first-order chi connectivity index (χ1) is 12.0. The number of carbonyl (C=O) groups excluding carboxylic acids is 2. The van der Waals surface area contributed by atoms with Gasteiger partial charge in [0.2, 0.25) is 5.91 Å². The summed E-state index contributed by atoms with van der Waals surface area (Å²) in [5, 5.41) is 5.50. The molecule has 0 unspecified atom stereocenters. The van der Waals surface area contributed by atoms with Crippen molar-refractivity contribution in [1.29, 1.82) is 0 Å². The highest BCUT2D eigenvalue weighted by Gasteiger charge is 2.16. The highest BCUT2D eigenvalue weighted by atomic mass is 16.3. The predicted molar refractivity (Wildman–Crippen MR) is 95.9 cm³/mol. The van der Waals surface area contributed by atoms with Gasteiger partial charge in [0.25, 0.3) is 5.91 Å². The minimum Gasteiger partial charge on any atom is -0.472 e. The largest absolute Gasteiger partial charge is 0.472 e. The van der Waals surface area contributed by atoms with E-state index < -0.39 is 6.04 Å². The van der Waals surface area contributed by atoms with Crippen LogP contribution in [-0.2, 0) is 17.9 Å². The molecule has 0 saturated carbocycles. The van der Waals surface area contributed by atoms with Crippen LogP contribution in [0.15, 0.2) is 47.3 Å². The van der Waals surface area contributed by atoms with Crippen molar-refractivity contribution in [3.8, 4) is 0 Å². The molecule has 0 fully saturated rings. The molecule has 134 valence electrons. The summed E-state index contributed by atoms with van der Waals surface area (Å²) in [6.07, 6.45) is 2.77. The zero-order chi connectivity index (χ0) is 18.2. The minimum absolute atomic E-state index is 0.229. The van der Waals surface area contributed by atoms with Crippen LogP contribution in [0.5, 0.6) is 0 Å². The van der Waals surface area contributed by atoms with Crippen molar-refractivity contribution in [1.82, 2.24) is 15.5 Å². The highest BCUT2D eigenvalue weighted by Crippen LogP contribution is 2.08. The lowest BCUT2D eigenvalue weighted by Gasteiger charge is -2.16. The first-order valence-electron chi connectivity index (χ1n) is 8.36. The van der Waals surface area contributed by atoms with E-state index in [4.69, 9.17) is 4.42 Å². The van der Waals surface area contributed by atoms with E-state index in [1.807, 2.05) is 12.1 Å². The van der Waals surface area contributed by atoms with Gasteiger partial charge in [-0.3, -0.25) is 9.59 Å². The first-order valence-corrected chi connectivity index (χ1v) is 8.36. The molecule has 0 spiro atoms. The Kier molecular flexibility index (Phi) is 6.77. The quantitative estimate of drug-likeness (QED) is 0.770. The molecule has 0 bridgehead atoms. The standard InChI is InChI=1S/C19H25N3O3/c1-4-22(3)12-16-7-5-6-15(10-16)11-20-18(23)14(2)21-19(24)17-8-9-25-13-17/h5-10,13-14H,4,11-12H2,1-3H3,(H,20,23)(H,21,24)/t14-/m1/s1. The van der Waals surface area contributed by atoms with Gasteiger partial charge in [-0.25, -0.2) is 0 Å². The van der Waals surface area contributed by atoms with E-state index in [-0.39, 0.29) is 11.8 Å². The number of carbonyl (C=O) groups is 2. The maximum atomic E-state index is 12.2. The zero-order valence-corrected chi connectivity index (χ0v) is 14.9. The monoisotopic (exact) mass is 343 g/mol. The molecule has 2 rings (SSSR count). The van der Waals surface area contributed by atoms with E-state index in [1.165, 1.54) is 18.1 Å². The highest BCUT2D eigenvalue weighted by molar-refractivity contribution is 5.97. The number of amides is 2. The van der Waals surface area contributed by atoms with E-state index in [0.717, 1.165) is 18.7 Å². The van der Waals surface area contributed by atoms with E-state index in [1.54, 1.807) is 13.0 Å². The molecular formula is C19H25N3O3. The summed E-state index contributed by atoms with van der Waals surface area (Å²) >= 11 is 0. The van der Waals surface area contributed by atoms with Gasteiger partial charge in [0, 0.05) is 13.1 Å². The fourth-order valence-electron chi connectivity index (χ4n) is 2.34. The number of nitrogens with one attached hydrogen (secondary N) is 2. The van der Waals surface area contributed by atoms with Crippen LogP contribution < -0.4 is 10.6 Å². The molecule has 1 heterocycles. The zero-order valence-electron chi connectivity index (χ0n) is 14.9. The molecule has 2 amide bonds. The molecule has 2 aromatic rings. The lowest BCUT2D eigenvalue weighted by molar-refractivity contribution is -0.122. The fraction of sp³-hybridized carbons (Fsp3) is 0.368. The molecule has 0 radical (unpaired) electrons. The molecule has 25 heavy (non-hydrogen) atoms. The number of rotatable bonds is 8. The predicted octanol–water partition coefficient (Wildman–Crippen LogP) is 2.17. The SMILES string of the molecule is CCN(C)Cc1cccc(CNC(=O)[C@@H](C)NC(=O)c2ccoc2)c1. The molecule has 0 aliphatic heterocycles. The third-order valence-electron chi connectivity index (χ3n) is 3.97. The average Bonchev–Trinajstić information content (AvgIpc) is 3.14. The van der Waals surface area contributed by atoms with Gasteiger partial charge in [-0.2, -0.15) is 0 Å². The average molecular weight is 343 g/mol. The van der Waals surface area contributed by atoms with Crippen LogP contribution in [0.4, 0.5) is 0 Å². The number of hydrogen-bond acceptors (Lipinski definition) is 4. The molecule has 6 heteroatoms. The molecule has 0 aliphatic rings. The Morgan fingerprint density at radius 2 is 2.00 bits per heavy atom. The summed E-state index contributed by atoms with van der Waals surface area (Å²) in [5.74, 6) is -0.561. The van der Waals surface area contributed by atoms with Gasteiger partial charge in [0.1, 0.15) is 12.3 Å². The molecule has 0 aliphatic carbocycles. The molecule has 1 aromatic heterocycles. The summed E-state index contributed by atoms with van der Waals surface area (Å²) in [6.45, 7) is 6.04. The van der Waals surface area contributed by atoms with Crippen LogP contribution in [0.25, 0.3) is 0 Å². The molecule has 1 aromatic carbocycles. The van der Waals surface area contributed by atoms with E-state index in [0.29, 0.717) is 12.1 Å². The summed E-state index contributed by atoms with van der Waals surface area (Å²) in [6, 6.07) is 9.05. The topological polar surface area (TPSA) is 74.6 Å². The molecule has 2 N–H and O–H groups in total. The smallest absolute Gasteiger partial charge is 0.255 e. The summed E-state index contributed by atoms with van der Waals surface area (Å²) in [4.78, 5) is 26.3. The van der Waals surface area contributed by atoms with Crippen LogP contribution in [0.3, 0.4) is 0 Å². The third kappa shape index (κ3) is 5.76. The Bertz CT molecular complexity index is 698. The van der Waals surface area contributed by atoms with Gasteiger partial charge < -0.3 is 20.0 Å². The van der Waals surface area contributed by atoms with Crippen LogP contribution in [0.2, 0.25) is 0 Å². The summed E-state index contributed by atoms with van der Waals surface area (Å²) < 4.78 is 4.86. The van der Waals surface area contributed by atoms with Crippen LogP contribution in [-0.4, -0.2) is 36.3 Å². The second kappa shape index (κ2) is 9.03. The van der Waals surface area contributed by atoms with E-state index >= 15 is 0 Å². The Balaban J connectivity index is 1.84. The Morgan fingerprint density at radius 1 is 1.24 bits per heavy atom. The Labute approximate surface area is 148 Å². The van der Waals surface area contributed by atoms with Crippen molar-refractivity contribution in [3.63, 3.8) is 0 Å². The first kappa shape index (κ1) is 18.7. The van der Waals surface area contributed by atoms with Crippen molar-refractivity contribution >= 4 is 11.8 Å². The van der Waals surface area contributed by atoms with Crippen LogP contribution in [0, 0.1) is 0 Å². The molecule has 0 saturated heterocycles. The Hall–Kier alpha value is -2.60. The number of benzene rings is 1. The van der Waals surface area contributed by atoms with Gasteiger partial charge >= 0.3 is 0 Å². The van der Waals surface area contributed by atoms with Crippen molar-refractivity contribution < 1.29 is 14.0 Å². The van der Waals surface area contributed by atoms with Crippen LogP contribution in [0.1, 0.15) is 35.3 Å². The van der Waals surface area contributed by atoms with E-state index in [9.17, 15) is 9.59 Å². The third-order valence-corrected chi connectivity index (χ3v) is 3.97. The van der Waals surface area contributed by atoms with Crippen LogP contribution >= 0.6 is 0 Å². The van der Waals surface area contributed by atoms with Gasteiger partial charge in [-0.15, -0.1) is 0 Å². The second-order valence-electron chi connectivity index (χ2n) is 6.08. The molecule has 1 atom stereocenters. The van der Waals surface area contributed by atoms with Gasteiger partial charge in [0.05, 0.1) is 11.8 Å². The van der Waals surface area contributed by atoms with Gasteiger partial charge in [-0.1, -0.05) is 31.2 Å². The number of hydrogen-bond donors (Lipinski definition) is 2. The normalized spacial score (nSPS) is 12.0. The lowest BCUT2D eigenvalue weighted by atomic mass is 10.1. The number of nitrogens with zero attached hydrogens (tertiary/aromatic N) is 1. The molecular weight excluding hydrogens is 318 g/mol. The molecule has 6 nitrogen and oxygen atoms in total. The van der Waals surface area contributed by atoms with Crippen molar-refractivity contribution in [2.45, 2.75) is 33.0 Å². The Morgan fingerprint density at radius 3 is 2.68 bits per heavy atom. The van der Waals surface area contributed by atoms with Gasteiger partial charge in [-0.05, 0) is 37.7 Å². The maximum absolute atomic E-state index is 12.2. The summed E-state index contributed by atoms with van der Waals surface area (Å²) in [5.41, 5.74) is 2.63.